The summed E-state index contributed by atoms with van der Waals surface area (Å²) < 4.78 is 0. The largest absolute Gasteiger partial charge is 0.320 e. The van der Waals surface area contributed by atoms with E-state index in [0.717, 1.165) is 18.7 Å². The molecule has 0 aliphatic heterocycles. The van der Waals surface area contributed by atoms with Crippen LogP contribution >= 0.6 is 0 Å². The van der Waals surface area contributed by atoms with Crippen LogP contribution in [-0.4, -0.2) is 26.5 Å². The molecule has 0 aromatic heterocycles. The maximum Gasteiger partial charge on any atom is 0.226 e. The first-order valence-electron chi connectivity index (χ1n) is 6.57. The van der Waals surface area contributed by atoms with E-state index in [4.69, 9.17) is 0 Å². The molecular formula is C15H24N2O. The lowest BCUT2D eigenvalue weighted by Crippen LogP contribution is -2.26. The van der Waals surface area contributed by atoms with E-state index in [-0.39, 0.29) is 5.91 Å². The van der Waals surface area contributed by atoms with Crippen molar-refractivity contribution in [2.45, 2.75) is 32.6 Å². The highest BCUT2D eigenvalue weighted by Gasteiger charge is 2.10. The van der Waals surface area contributed by atoms with Gasteiger partial charge in [0.05, 0.1) is 0 Å². The first kappa shape index (κ1) is 14.7. The maximum absolute atomic E-state index is 11.9. The molecule has 0 saturated carbocycles. The third-order valence-corrected chi connectivity index (χ3v) is 3.14. The minimum Gasteiger partial charge on any atom is -0.320 e. The third kappa shape index (κ3) is 4.15. The number of carbonyl (C=O) groups is 1. The van der Waals surface area contributed by atoms with Crippen LogP contribution in [0, 0.1) is 0 Å². The topological polar surface area (TPSA) is 32.3 Å². The van der Waals surface area contributed by atoms with Crippen LogP contribution in [0.15, 0.2) is 24.3 Å². The monoisotopic (exact) mass is 248 g/mol. The van der Waals surface area contributed by atoms with Crippen LogP contribution in [0.1, 0.15) is 38.2 Å². The molecule has 0 fully saturated rings. The van der Waals surface area contributed by atoms with E-state index in [9.17, 15) is 4.79 Å². The van der Waals surface area contributed by atoms with Crippen LogP contribution in [0.3, 0.4) is 0 Å². The molecule has 0 saturated heterocycles. The number of benzene rings is 1. The number of hydrogen-bond acceptors (Lipinski definition) is 2. The summed E-state index contributed by atoms with van der Waals surface area (Å²) in [7, 11) is 3.74. The Morgan fingerprint density at radius 3 is 2.39 bits per heavy atom. The lowest BCUT2D eigenvalue weighted by Gasteiger charge is -2.18. The van der Waals surface area contributed by atoms with Crippen molar-refractivity contribution in [3.05, 3.63) is 29.8 Å². The van der Waals surface area contributed by atoms with Crippen molar-refractivity contribution in [1.82, 2.24) is 5.32 Å². The van der Waals surface area contributed by atoms with Crippen molar-refractivity contribution in [3.8, 4) is 0 Å². The van der Waals surface area contributed by atoms with Gasteiger partial charge in [-0.3, -0.25) is 4.79 Å². The number of anilines is 1. The van der Waals surface area contributed by atoms with Crippen molar-refractivity contribution in [3.63, 3.8) is 0 Å². The molecule has 0 heterocycles. The summed E-state index contributed by atoms with van der Waals surface area (Å²) in [5, 5.41) is 3.05. The fourth-order valence-electron chi connectivity index (χ4n) is 1.81. The molecule has 1 N–H and O–H groups in total. The molecule has 1 aromatic rings. The van der Waals surface area contributed by atoms with Crippen molar-refractivity contribution >= 4 is 11.6 Å². The van der Waals surface area contributed by atoms with Crippen LogP contribution in [0.2, 0.25) is 0 Å². The highest BCUT2D eigenvalue weighted by atomic mass is 16.2. The second kappa shape index (κ2) is 7.17. The van der Waals surface area contributed by atoms with E-state index in [2.05, 4.69) is 31.3 Å². The molecule has 0 aliphatic rings. The van der Waals surface area contributed by atoms with E-state index in [1.807, 2.05) is 26.2 Å². The Balaban J connectivity index is 2.60. The summed E-state index contributed by atoms with van der Waals surface area (Å²) in [5.74, 6) is 0.693. The molecule has 1 rings (SSSR count). The van der Waals surface area contributed by atoms with Gasteiger partial charge in [-0.2, -0.15) is 0 Å². The summed E-state index contributed by atoms with van der Waals surface area (Å²) in [4.78, 5) is 13.7. The lowest BCUT2D eigenvalue weighted by atomic mass is 10.0. The predicted molar refractivity (Wildman–Crippen MR) is 77.1 cm³/mol. The van der Waals surface area contributed by atoms with Crippen LogP contribution in [0.5, 0.6) is 0 Å². The lowest BCUT2D eigenvalue weighted by molar-refractivity contribution is -0.118. The summed E-state index contributed by atoms with van der Waals surface area (Å²) >= 11 is 0. The standard InChI is InChI=1S/C15H24N2O/c1-12(2)13-7-9-14(10-8-13)17(4)15(18)6-5-11-16-3/h7-10,12,16H,5-6,11H2,1-4H3. The second-order valence-corrected chi connectivity index (χ2v) is 4.91. The van der Waals surface area contributed by atoms with E-state index in [0.29, 0.717) is 12.3 Å². The molecule has 0 bridgehead atoms. The number of nitrogens with zero attached hydrogens (tertiary/aromatic N) is 1. The molecule has 100 valence electrons. The molecule has 18 heavy (non-hydrogen) atoms. The van der Waals surface area contributed by atoms with Gasteiger partial charge in [0.15, 0.2) is 0 Å². The van der Waals surface area contributed by atoms with E-state index in [1.54, 1.807) is 4.90 Å². The zero-order chi connectivity index (χ0) is 13.5. The number of amides is 1. The van der Waals surface area contributed by atoms with Gasteiger partial charge in [-0.25, -0.2) is 0 Å². The van der Waals surface area contributed by atoms with Crippen LogP contribution in [0.25, 0.3) is 0 Å². The van der Waals surface area contributed by atoms with E-state index in [1.165, 1.54) is 5.56 Å². The van der Waals surface area contributed by atoms with Gasteiger partial charge in [0, 0.05) is 19.2 Å². The fourth-order valence-corrected chi connectivity index (χ4v) is 1.81. The predicted octanol–water partition coefficient (Wildman–Crippen LogP) is 2.77. The molecule has 1 aromatic carbocycles. The van der Waals surface area contributed by atoms with Gasteiger partial charge in [-0.15, -0.1) is 0 Å². The average Bonchev–Trinajstić information content (AvgIpc) is 2.38. The van der Waals surface area contributed by atoms with E-state index >= 15 is 0 Å². The molecule has 3 nitrogen and oxygen atoms in total. The molecule has 0 atom stereocenters. The van der Waals surface area contributed by atoms with Gasteiger partial charge in [0.2, 0.25) is 5.91 Å². The summed E-state index contributed by atoms with van der Waals surface area (Å²) in [5.41, 5.74) is 2.27. The second-order valence-electron chi connectivity index (χ2n) is 4.91. The molecule has 1 amide bonds. The molecule has 0 radical (unpaired) electrons. The van der Waals surface area contributed by atoms with Crippen molar-refractivity contribution in [2.24, 2.45) is 0 Å². The summed E-state index contributed by atoms with van der Waals surface area (Å²) in [6.07, 6.45) is 1.47. The van der Waals surface area contributed by atoms with Crippen LogP contribution < -0.4 is 10.2 Å². The quantitative estimate of drug-likeness (QED) is 0.785. The molecular weight excluding hydrogens is 224 g/mol. The Morgan fingerprint density at radius 1 is 1.28 bits per heavy atom. The smallest absolute Gasteiger partial charge is 0.226 e. The SMILES string of the molecule is CNCCCC(=O)N(C)c1ccc(C(C)C)cc1. The first-order chi connectivity index (χ1) is 8.56. The maximum atomic E-state index is 11.9. The first-order valence-corrected chi connectivity index (χ1v) is 6.57. The zero-order valence-electron chi connectivity index (χ0n) is 11.9. The van der Waals surface area contributed by atoms with Crippen molar-refractivity contribution in [2.75, 3.05) is 25.5 Å². The van der Waals surface area contributed by atoms with Gasteiger partial charge < -0.3 is 10.2 Å². The van der Waals surface area contributed by atoms with Gasteiger partial charge in [0.1, 0.15) is 0 Å². The van der Waals surface area contributed by atoms with Crippen molar-refractivity contribution in [1.29, 1.82) is 0 Å². The molecule has 3 heteroatoms. The number of carbonyl (C=O) groups excluding carboxylic acids is 1. The Kier molecular flexibility index (Phi) is 5.86. The fraction of sp³-hybridized carbons (Fsp3) is 0.533. The van der Waals surface area contributed by atoms with Gasteiger partial charge in [-0.1, -0.05) is 26.0 Å². The minimum absolute atomic E-state index is 0.169. The summed E-state index contributed by atoms with van der Waals surface area (Å²) in [6, 6.07) is 8.23. The van der Waals surface area contributed by atoms with Gasteiger partial charge >= 0.3 is 0 Å². The normalized spacial score (nSPS) is 10.7. The highest BCUT2D eigenvalue weighted by molar-refractivity contribution is 5.92. The van der Waals surface area contributed by atoms with Gasteiger partial charge in [-0.05, 0) is 43.6 Å². The Morgan fingerprint density at radius 2 is 1.89 bits per heavy atom. The number of nitrogens with one attached hydrogen (secondary N) is 1. The molecule has 0 unspecified atom stereocenters. The highest BCUT2D eigenvalue weighted by Crippen LogP contribution is 2.19. The Bertz CT molecular complexity index is 371. The molecule has 0 aliphatic carbocycles. The van der Waals surface area contributed by atoms with Crippen molar-refractivity contribution < 1.29 is 4.79 Å². The number of hydrogen-bond donors (Lipinski definition) is 1. The third-order valence-electron chi connectivity index (χ3n) is 3.14. The Labute approximate surface area is 110 Å². The van der Waals surface area contributed by atoms with Crippen LogP contribution in [-0.2, 0) is 4.79 Å². The van der Waals surface area contributed by atoms with E-state index < -0.39 is 0 Å². The minimum atomic E-state index is 0.169. The summed E-state index contributed by atoms with van der Waals surface area (Å²) in [6.45, 7) is 5.22. The molecule has 0 spiro atoms. The number of rotatable bonds is 6. The average molecular weight is 248 g/mol. The van der Waals surface area contributed by atoms with Crippen LogP contribution in [0.4, 0.5) is 5.69 Å². The Hall–Kier alpha value is -1.35. The zero-order valence-corrected chi connectivity index (χ0v) is 11.9. The van der Waals surface area contributed by atoms with Gasteiger partial charge in [0.25, 0.3) is 0 Å².